The van der Waals surface area contributed by atoms with E-state index in [0.717, 1.165) is 6.54 Å². The van der Waals surface area contributed by atoms with Crippen molar-refractivity contribution >= 4 is 5.97 Å². The fourth-order valence-corrected chi connectivity index (χ4v) is 0.367. The lowest BCUT2D eigenvalue weighted by atomic mass is 10.4. The normalized spacial score (nSPS) is 10.0. The molecule has 4 heteroatoms. The number of halogens is 1. The van der Waals surface area contributed by atoms with E-state index >= 15 is 0 Å². The molecule has 0 spiro atoms. The zero-order valence-electron chi connectivity index (χ0n) is 8.06. The molecule has 0 rings (SSSR count). The highest BCUT2D eigenvalue weighted by atomic mass is 127. The van der Waals surface area contributed by atoms with Gasteiger partial charge in [0.1, 0.15) is 20.6 Å². The molecular formula is C8H16INO2. The first-order valence-corrected chi connectivity index (χ1v) is 3.61. The van der Waals surface area contributed by atoms with Crippen LogP contribution in [0.3, 0.4) is 0 Å². The average Bonchev–Trinajstić information content (AvgIpc) is 1.87. The Morgan fingerprint density at radius 1 is 1.50 bits per heavy atom. The van der Waals surface area contributed by atoms with Gasteiger partial charge >= 0.3 is 5.97 Å². The number of hydroxylamine groups is 3. The van der Waals surface area contributed by atoms with Gasteiger partial charge in [-0.25, -0.2) is 4.79 Å². The quantitative estimate of drug-likeness (QED) is 0.263. The molecule has 0 aliphatic heterocycles. The first-order valence-electron chi connectivity index (χ1n) is 3.61. The van der Waals surface area contributed by atoms with Crippen LogP contribution in [0.1, 0.15) is 13.8 Å². The van der Waals surface area contributed by atoms with E-state index in [1.165, 1.54) is 0 Å². The Bertz CT molecular complexity index is 178. The molecule has 0 radical (unpaired) electrons. The summed E-state index contributed by atoms with van der Waals surface area (Å²) in [5, 5.41) is 0. The minimum Gasteiger partial charge on any atom is -1.00 e. The van der Waals surface area contributed by atoms with E-state index in [2.05, 4.69) is 6.58 Å². The van der Waals surface area contributed by atoms with E-state index in [-0.39, 0.29) is 34.6 Å². The Hall–Kier alpha value is -0.100. The number of hydrogen-bond acceptors (Lipinski definition) is 2. The van der Waals surface area contributed by atoms with Gasteiger partial charge in [0.2, 0.25) is 0 Å². The minimum absolute atomic E-state index is 0. The third-order valence-corrected chi connectivity index (χ3v) is 1.44. The highest BCUT2D eigenvalue weighted by molar-refractivity contribution is 5.86. The summed E-state index contributed by atoms with van der Waals surface area (Å²) < 4.78 is 0.242. The van der Waals surface area contributed by atoms with Crippen LogP contribution in [0.2, 0.25) is 0 Å². The molecule has 0 saturated heterocycles. The number of hydrogen-bond donors (Lipinski definition) is 0. The maximum atomic E-state index is 11.0. The van der Waals surface area contributed by atoms with Crippen molar-refractivity contribution < 1.29 is 38.3 Å². The molecule has 12 heavy (non-hydrogen) atoms. The monoisotopic (exact) mass is 285 g/mol. The van der Waals surface area contributed by atoms with Crippen LogP contribution >= 0.6 is 0 Å². The van der Waals surface area contributed by atoms with E-state index in [4.69, 9.17) is 4.84 Å². The number of nitrogens with zero attached hydrogens (tertiary/aromatic N) is 1. The molecule has 72 valence electrons. The van der Waals surface area contributed by atoms with E-state index < -0.39 is 0 Å². The van der Waals surface area contributed by atoms with E-state index in [9.17, 15) is 4.79 Å². The molecule has 0 aliphatic carbocycles. The molecule has 0 aliphatic rings. The summed E-state index contributed by atoms with van der Waals surface area (Å²) in [7, 11) is 3.64. The van der Waals surface area contributed by atoms with Crippen LogP contribution in [0.5, 0.6) is 0 Å². The van der Waals surface area contributed by atoms with Gasteiger partial charge in [0.25, 0.3) is 0 Å². The zero-order chi connectivity index (χ0) is 9.07. The van der Waals surface area contributed by atoms with Crippen molar-refractivity contribution in [1.82, 2.24) is 0 Å². The molecule has 0 atom stereocenters. The molecule has 0 fully saturated rings. The molecule has 3 nitrogen and oxygen atoms in total. The zero-order valence-corrected chi connectivity index (χ0v) is 10.2. The van der Waals surface area contributed by atoms with Gasteiger partial charge in [-0.3, -0.25) is 4.84 Å². The molecule has 0 aromatic heterocycles. The SMILES string of the molecule is C=C(C)C(=O)O[N+](C)(C)CC.[I-]. The van der Waals surface area contributed by atoms with E-state index in [1.807, 2.05) is 21.0 Å². The maximum Gasteiger partial charge on any atom is 0.392 e. The van der Waals surface area contributed by atoms with Gasteiger partial charge in [0.05, 0.1) is 0 Å². The predicted octanol–water partition coefficient (Wildman–Crippen LogP) is -1.88. The summed E-state index contributed by atoms with van der Waals surface area (Å²) in [5.74, 6) is -0.336. The van der Waals surface area contributed by atoms with Gasteiger partial charge in [-0.05, 0) is 13.8 Å². The van der Waals surface area contributed by atoms with Crippen LogP contribution in [-0.4, -0.2) is 31.3 Å². The Balaban J connectivity index is 0. The Morgan fingerprint density at radius 2 is 1.92 bits per heavy atom. The van der Waals surface area contributed by atoms with E-state index in [1.54, 1.807) is 6.92 Å². The molecule has 0 aromatic carbocycles. The third kappa shape index (κ3) is 5.54. The third-order valence-electron chi connectivity index (χ3n) is 1.44. The van der Waals surface area contributed by atoms with Crippen molar-refractivity contribution in [3.8, 4) is 0 Å². The van der Waals surface area contributed by atoms with Crippen LogP contribution in [0.4, 0.5) is 0 Å². The first-order chi connectivity index (χ1) is 4.89. The van der Waals surface area contributed by atoms with Gasteiger partial charge in [0.15, 0.2) is 0 Å². The number of quaternary nitrogens is 1. The number of carbonyl (C=O) groups is 1. The van der Waals surface area contributed by atoms with Gasteiger partial charge in [0, 0.05) is 5.57 Å². The summed E-state index contributed by atoms with van der Waals surface area (Å²) in [4.78, 5) is 16.0. The number of carbonyl (C=O) groups excluding carboxylic acids is 1. The molecule has 0 aromatic rings. The highest BCUT2D eigenvalue weighted by Gasteiger charge is 2.19. The largest absolute Gasteiger partial charge is 1.00 e. The topological polar surface area (TPSA) is 26.3 Å². The summed E-state index contributed by atoms with van der Waals surface area (Å²) in [6.45, 7) is 7.82. The second-order valence-electron chi connectivity index (χ2n) is 3.05. The predicted molar refractivity (Wildman–Crippen MR) is 43.6 cm³/mol. The van der Waals surface area contributed by atoms with Crippen molar-refractivity contribution in [1.29, 1.82) is 0 Å². The molecule has 0 unspecified atom stereocenters. The van der Waals surface area contributed by atoms with Gasteiger partial charge in [-0.1, -0.05) is 6.58 Å². The van der Waals surface area contributed by atoms with Crippen LogP contribution in [0.15, 0.2) is 12.2 Å². The smallest absolute Gasteiger partial charge is 0.392 e. The van der Waals surface area contributed by atoms with E-state index in [0.29, 0.717) is 5.57 Å². The first kappa shape index (κ1) is 14.4. The molecule has 0 heterocycles. The number of rotatable bonds is 3. The van der Waals surface area contributed by atoms with Crippen molar-refractivity contribution in [2.45, 2.75) is 13.8 Å². The Kier molecular flexibility index (Phi) is 6.65. The fraction of sp³-hybridized carbons (Fsp3) is 0.625. The summed E-state index contributed by atoms with van der Waals surface area (Å²) in [6.07, 6.45) is 0. The van der Waals surface area contributed by atoms with Crippen molar-refractivity contribution in [2.75, 3.05) is 20.6 Å². The lowest BCUT2D eigenvalue weighted by Crippen LogP contribution is -3.00. The van der Waals surface area contributed by atoms with Crippen LogP contribution < -0.4 is 24.0 Å². The summed E-state index contributed by atoms with van der Waals surface area (Å²) in [6, 6.07) is 0. The van der Waals surface area contributed by atoms with Gasteiger partial charge in [-0.2, -0.15) is 0 Å². The summed E-state index contributed by atoms with van der Waals surface area (Å²) >= 11 is 0. The fourth-order valence-electron chi connectivity index (χ4n) is 0.367. The highest BCUT2D eigenvalue weighted by Crippen LogP contribution is 2.02. The molecule has 0 saturated carbocycles. The molecule has 0 N–H and O–H groups in total. The Morgan fingerprint density at radius 3 is 2.17 bits per heavy atom. The van der Waals surface area contributed by atoms with Crippen LogP contribution in [-0.2, 0) is 9.63 Å². The standard InChI is InChI=1S/C8H16NO2.HI/c1-6-9(4,5)11-8(10)7(2)3;/h2,6H2,1,3-5H3;1H/q+1;/p-1. The van der Waals surface area contributed by atoms with Crippen LogP contribution in [0, 0.1) is 0 Å². The van der Waals surface area contributed by atoms with Gasteiger partial charge < -0.3 is 24.0 Å². The maximum absolute atomic E-state index is 11.0. The second kappa shape index (κ2) is 5.53. The lowest BCUT2D eigenvalue weighted by molar-refractivity contribution is -1.06. The molecule has 0 bridgehead atoms. The second-order valence-corrected chi connectivity index (χ2v) is 3.05. The minimum atomic E-state index is -0.336. The summed E-state index contributed by atoms with van der Waals surface area (Å²) in [5.41, 5.74) is 0.435. The van der Waals surface area contributed by atoms with Gasteiger partial charge in [-0.15, -0.1) is 4.65 Å². The lowest BCUT2D eigenvalue weighted by Gasteiger charge is -2.23. The van der Waals surface area contributed by atoms with Crippen molar-refractivity contribution in [3.05, 3.63) is 12.2 Å². The van der Waals surface area contributed by atoms with Crippen molar-refractivity contribution in [2.24, 2.45) is 0 Å². The average molecular weight is 285 g/mol. The molecule has 0 amide bonds. The Labute approximate surface area is 90.9 Å². The van der Waals surface area contributed by atoms with Crippen LogP contribution in [0.25, 0.3) is 0 Å². The van der Waals surface area contributed by atoms with Crippen molar-refractivity contribution in [3.63, 3.8) is 0 Å². The molecular weight excluding hydrogens is 269 g/mol.